The molecule has 0 spiro atoms. The van der Waals surface area contributed by atoms with Gasteiger partial charge in [0.05, 0.1) is 5.69 Å². The van der Waals surface area contributed by atoms with Crippen LogP contribution in [0.25, 0.3) is 0 Å². The van der Waals surface area contributed by atoms with Crippen molar-refractivity contribution < 1.29 is 28.2 Å². The number of hydrogen-bond acceptors (Lipinski definition) is 5. The number of fused-ring (bicyclic) bond motifs is 1. The predicted octanol–water partition coefficient (Wildman–Crippen LogP) is 3.75. The molecule has 1 unspecified atom stereocenters. The number of benzene rings is 3. The maximum atomic E-state index is 14.5. The zero-order chi connectivity index (χ0) is 25.2. The Labute approximate surface area is 207 Å². The molecule has 0 aliphatic carbocycles. The quantitative estimate of drug-likeness (QED) is 0.514. The summed E-state index contributed by atoms with van der Waals surface area (Å²) >= 11 is 0. The second-order valence-corrected chi connectivity index (χ2v) is 8.67. The summed E-state index contributed by atoms with van der Waals surface area (Å²) in [4.78, 5) is 40.8. The lowest BCUT2D eigenvalue weighted by Crippen LogP contribution is -2.49. The molecule has 8 nitrogen and oxygen atoms in total. The van der Waals surface area contributed by atoms with Gasteiger partial charge in [-0.25, -0.2) is 14.1 Å². The minimum Gasteiger partial charge on any atom is -0.486 e. The first-order valence-electron chi connectivity index (χ1n) is 11.5. The number of nitrogens with zero attached hydrogens (tertiary/aromatic N) is 1. The largest absolute Gasteiger partial charge is 0.486 e. The van der Waals surface area contributed by atoms with Gasteiger partial charge in [-0.15, -0.1) is 0 Å². The van der Waals surface area contributed by atoms with E-state index in [0.29, 0.717) is 35.8 Å². The number of ether oxygens (including phenoxy) is 2. The highest BCUT2D eigenvalue weighted by Gasteiger charge is 2.45. The number of urea groups is 1. The van der Waals surface area contributed by atoms with Crippen LogP contribution in [0.5, 0.6) is 11.5 Å². The maximum absolute atomic E-state index is 14.5. The molecule has 0 radical (unpaired) electrons. The van der Waals surface area contributed by atoms with Crippen LogP contribution < -0.4 is 20.1 Å². The van der Waals surface area contributed by atoms with Gasteiger partial charge in [-0.3, -0.25) is 9.59 Å². The third-order valence-electron chi connectivity index (χ3n) is 6.14. The van der Waals surface area contributed by atoms with Crippen molar-refractivity contribution in [2.24, 2.45) is 0 Å². The van der Waals surface area contributed by atoms with Crippen molar-refractivity contribution in [2.45, 2.75) is 25.4 Å². The maximum Gasteiger partial charge on any atom is 0.325 e. The van der Waals surface area contributed by atoms with Crippen molar-refractivity contribution in [1.82, 2.24) is 10.2 Å². The van der Waals surface area contributed by atoms with Gasteiger partial charge in [0.15, 0.2) is 11.5 Å². The number of carbonyl (C=O) groups excluding carboxylic acids is 3. The van der Waals surface area contributed by atoms with Crippen LogP contribution in [0, 0.1) is 12.7 Å². The molecular weight excluding hydrogens is 465 g/mol. The molecule has 2 heterocycles. The van der Waals surface area contributed by atoms with E-state index in [1.54, 1.807) is 55.5 Å². The number of imide groups is 1. The smallest absolute Gasteiger partial charge is 0.325 e. The summed E-state index contributed by atoms with van der Waals surface area (Å²) in [5, 5.41) is 5.21. The summed E-state index contributed by atoms with van der Waals surface area (Å²) < 4.78 is 25.6. The Hall–Kier alpha value is -4.40. The lowest BCUT2D eigenvalue weighted by molar-refractivity contribution is -0.134. The summed E-state index contributed by atoms with van der Waals surface area (Å²) in [6.45, 7) is 2.54. The van der Waals surface area contributed by atoms with Gasteiger partial charge in [-0.05, 0) is 47.9 Å². The van der Waals surface area contributed by atoms with Gasteiger partial charge >= 0.3 is 6.03 Å². The van der Waals surface area contributed by atoms with Crippen molar-refractivity contribution in [3.05, 3.63) is 89.2 Å². The number of hydrogen-bond donors (Lipinski definition) is 2. The molecule has 4 amide bonds. The van der Waals surface area contributed by atoms with Crippen LogP contribution in [0.4, 0.5) is 14.9 Å². The fourth-order valence-electron chi connectivity index (χ4n) is 4.33. The number of carbonyl (C=O) groups is 3. The van der Waals surface area contributed by atoms with E-state index < -0.39 is 35.7 Å². The lowest BCUT2D eigenvalue weighted by Gasteiger charge is -2.25. The zero-order valence-electron chi connectivity index (χ0n) is 19.5. The molecule has 2 aliphatic heterocycles. The SMILES string of the molecule is Cc1ccc(NC(=O)C(Cc2ccccc2)N2C(=O)N[C@H](c3ccc4c(c3)OCCO4)C2=O)c(F)c1. The summed E-state index contributed by atoms with van der Waals surface area (Å²) in [6.07, 6.45) is 0.0627. The van der Waals surface area contributed by atoms with E-state index in [-0.39, 0.29) is 12.1 Å². The Bertz CT molecular complexity index is 1330. The summed E-state index contributed by atoms with van der Waals surface area (Å²) in [6, 6.07) is 15.5. The number of anilines is 1. The Morgan fingerprint density at radius 2 is 1.81 bits per heavy atom. The molecule has 9 heteroatoms. The molecule has 0 aromatic heterocycles. The molecule has 184 valence electrons. The van der Waals surface area contributed by atoms with Gasteiger partial charge in [0.2, 0.25) is 5.91 Å². The number of rotatable bonds is 6. The lowest BCUT2D eigenvalue weighted by atomic mass is 10.0. The summed E-state index contributed by atoms with van der Waals surface area (Å²) in [5.41, 5.74) is 1.91. The minimum absolute atomic E-state index is 0.0286. The van der Waals surface area contributed by atoms with E-state index in [1.807, 2.05) is 6.07 Å². The highest BCUT2D eigenvalue weighted by molar-refractivity contribution is 6.09. The van der Waals surface area contributed by atoms with Crippen LogP contribution in [0.15, 0.2) is 66.7 Å². The molecule has 1 fully saturated rings. The first-order valence-corrected chi connectivity index (χ1v) is 11.5. The molecule has 3 aromatic rings. The fraction of sp³-hybridized carbons (Fsp3) is 0.222. The molecule has 2 atom stereocenters. The fourth-order valence-corrected chi connectivity index (χ4v) is 4.33. The molecular formula is C27H24FN3O5. The molecule has 0 saturated carbocycles. The average Bonchev–Trinajstić information content (AvgIpc) is 3.18. The van der Waals surface area contributed by atoms with Crippen LogP contribution in [0.1, 0.15) is 22.7 Å². The van der Waals surface area contributed by atoms with Crippen molar-refractivity contribution in [3.63, 3.8) is 0 Å². The number of aryl methyl sites for hydroxylation is 1. The van der Waals surface area contributed by atoms with E-state index in [2.05, 4.69) is 10.6 Å². The van der Waals surface area contributed by atoms with Gasteiger partial charge in [0.1, 0.15) is 31.1 Å². The van der Waals surface area contributed by atoms with E-state index >= 15 is 0 Å². The Balaban J connectivity index is 1.44. The van der Waals surface area contributed by atoms with Gasteiger partial charge in [0, 0.05) is 6.42 Å². The van der Waals surface area contributed by atoms with Gasteiger partial charge in [-0.2, -0.15) is 0 Å². The van der Waals surface area contributed by atoms with Gasteiger partial charge in [0.25, 0.3) is 5.91 Å². The van der Waals surface area contributed by atoms with E-state index in [1.165, 1.54) is 12.1 Å². The molecule has 0 bridgehead atoms. The first-order chi connectivity index (χ1) is 17.4. The third-order valence-corrected chi connectivity index (χ3v) is 6.14. The van der Waals surface area contributed by atoms with Gasteiger partial charge < -0.3 is 20.1 Å². The van der Waals surface area contributed by atoms with E-state index in [9.17, 15) is 18.8 Å². The normalized spacial score (nSPS) is 17.5. The Kier molecular flexibility index (Phi) is 6.28. The number of amides is 4. The van der Waals surface area contributed by atoms with E-state index in [4.69, 9.17) is 9.47 Å². The minimum atomic E-state index is -1.21. The van der Waals surface area contributed by atoms with Crippen LogP contribution in [0.3, 0.4) is 0 Å². The zero-order valence-corrected chi connectivity index (χ0v) is 19.5. The average molecular weight is 490 g/mol. The first kappa shape index (κ1) is 23.3. The van der Waals surface area contributed by atoms with Crippen molar-refractivity contribution in [1.29, 1.82) is 0 Å². The van der Waals surface area contributed by atoms with E-state index in [0.717, 1.165) is 10.5 Å². The van der Waals surface area contributed by atoms with Crippen LogP contribution >= 0.6 is 0 Å². The van der Waals surface area contributed by atoms with Crippen LogP contribution in [-0.2, 0) is 16.0 Å². The molecule has 1 saturated heterocycles. The highest BCUT2D eigenvalue weighted by atomic mass is 19.1. The second-order valence-electron chi connectivity index (χ2n) is 8.67. The second kappa shape index (κ2) is 9.69. The van der Waals surface area contributed by atoms with Crippen LogP contribution in [-0.4, -0.2) is 42.0 Å². The predicted molar refractivity (Wildman–Crippen MR) is 129 cm³/mol. The van der Waals surface area contributed by atoms with Crippen molar-refractivity contribution in [2.75, 3.05) is 18.5 Å². The molecule has 3 aromatic carbocycles. The number of halogens is 1. The van der Waals surface area contributed by atoms with Crippen LogP contribution in [0.2, 0.25) is 0 Å². The van der Waals surface area contributed by atoms with Gasteiger partial charge in [-0.1, -0.05) is 42.5 Å². The summed E-state index contributed by atoms with van der Waals surface area (Å²) in [7, 11) is 0. The Morgan fingerprint density at radius 1 is 1.06 bits per heavy atom. The Morgan fingerprint density at radius 3 is 2.56 bits per heavy atom. The van der Waals surface area contributed by atoms with Crippen molar-refractivity contribution >= 4 is 23.5 Å². The topological polar surface area (TPSA) is 97.0 Å². The molecule has 36 heavy (non-hydrogen) atoms. The highest BCUT2D eigenvalue weighted by Crippen LogP contribution is 2.35. The van der Waals surface area contributed by atoms with Crippen molar-refractivity contribution in [3.8, 4) is 11.5 Å². The molecule has 5 rings (SSSR count). The monoisotopic (exact) mass is 489 g/mol. The molecule has 2 aliphatic rings. The third kappa shape index (κ3) is 4.59. The summed E-state index contributed by atoms with van der Waals surface area (Å²) in [5.74, 6) is -0.828. The molecule has 2 N–H and O–H groups in total. The number of nitrogens with one attached hydrogen (secondary N) is 2. The standard InChI is InChI=1S/C27H24FN3O5/c1-16-7-9-20(19(28)13-16)29-25(32)21(14-17-5-3-2-4-6-17)31-26(33)24(30-27(31)34)18-8-10-22-23(15-18)36-12-11-35-22/h2-10,13,15,21,24H,11-12,14H2,1H3,(H,29,32)(H,30,34)/t21?,24-/m1/s1.